The molecule has 0 aromatic heterocycles. The van der Waals surface area contributed by atoms with Gasteiger partial charge in [-0.2, -0.15) is 7.82 Å². The normalized spacial score (nSPS) is 16.3. The van der Waals surface area contributed by atoms with E-state index in [1.165, 1.54) is 107 Å². The van der Waals surface area contributed by atoms with Crippen LogP contribution in [0.15, 0.2) is 4.99 Å². The van der Waals surface area contributed by atoms with Gasteiger partial charge in [-0.1, -0.05) is 96.8 Å². The summed E-state index contributed by atoms with van der Waals surface area (Å²) >= 11 is 0. The molecule has 7 nitrogen and oxygen atoms in total. The molecule has 0 spiro atoms. The number of aliphatic imine (C=N–C) groups is 1. The van der Waals surface area contributed by atoms with Crippen LogP contribution >= 0.6 is 7.82 Å². The van der Waals surface area contributed by atoms with E-state index in [1.807, 2.05) is 0 Å². The van der Waals surface area contributed by atoms with Crippen LogP contribution in [0.5, 0.6) is 0 Å². The minimum absolute atomic E-state index is 0.285. The Labute approximate surface area is 184 Å². The van der Waals surface area contributed by atoms with Gasteiger partial charge in [0.25, 0.3) is 0 Å². The van der Waals surface area contributed by atoms with E-state index in [-0.39, 0.29) is 6.61 Å². The standard InChI is InChI=1S/C22H44N2O.H3O4P/c1-2-3-4-5-6-7-8-9-10-11-12-13-14-15-16-17-22-23-18-19-24(22)20-21-25;1-5(2,3)4/h25H,2-21H2,1H3;(H3,1,2,3,4)/p-2. The molecular formula is C22H45N2O5P-2. The molecule has 0 aromatic carbocycles. The van der Waals surface area contributed by atoms with Crippen LogP contribution < -0.4 is 19.6 Å². The molecule has 8 heteroatoms. The van der Waals surface area contributed by atoms with E-state index in [0.717, 1.165) is 26.1 Å². The van der Waals surface area contributed by atoms with Crippen LogP contribution in [0.1, 0.15) is 110 Å². The summed E-state index contributed by atoms with van der Waals surface area (Å²) in [6.45, 7) is 5.47. The predicted octanol–water partition coefficient (Wildman–Crippen LogP) is 1.71. The van der Waals surface area contributed by atoms with Crippen LogP contribution in [-0.4, -0.2) is 37.2 Å². The van der Waals surface area contributed by atoms with Crippen molar-refractivity contribution < 1.29 is 29.3 Å². The molecule has 0 radical (unpaired) electrons. The number of hydrogen-bond acceptors (Lipinski definition) is 6. The topological polar surface area (TPSA) is 123 Å². The smallest absolute Gasteiger partial charge is 0.196 e. The third-order valence-electron chi connectivity index (χ3n) is 5.56. The lowest BCUT2D eigenvalue weighted by molar-refractivity contribution is -0.800. The first kappa shape index (κ1) is 29.7. The zero-order valence-corrected chi connectivity index (χ0v) is 20.0. The lowest BCUT2D eigenvalue weighted by Gasteiger charge is -2.36. The fraction of sp³-hybridized carbons (Fsp3) is 0.955. The van der Waals surface area contributed by atoms with Gasteiger partial charge in [-0.3, -0.25) is 4.90 Å². The first-order valence-electron chi connectivity index (χ1n) is 12.1. The van der Waals surface area contributed by atoms with Gasteiger partial charge in [-0.25, -0.2) is 4.99 Å². The van der Waals surface area contributed by atoms with Gasteiger partial charge in [-0.05, 0) is 6.42 Å². The Hall–Kier alpha value is -0.300. The Kier molecular flexibility index (Phi) is 20.4. The number of amidine groups is 1. The van der Waals surface area contributed by atoms with Crippen LogP contribution in [-0.2, 0) is 4.57 Å². The molecule has 1 unspecified atom stereocenters. The fourth-order valence-electron chi connectivity index (χ4n) is 3.91. The molecule has 1 heterocycles. The fourth-order valence-corrected chi connectivity index (χ4v) is 3.91. The molecule has 30 heavy (non-hydrogen) atoms. The van der Waals surface area contributed by atoms with Crippen LogP contribution in [0, 0.1) is 0 Å². The largest absolute Gasteiger partial charge is 0.822 e. The summed E-state index contributed by atoms with van der Waals surface area (Å²) in [4.78, 5) is 31.7. The summed E-state index contributed by atoms with van der Waals surface area (Å²) in [7, 11) is -5.39. The molecule has 0 fully saturated rings. The number of quaternary nitrogens is 1. The molecule has 1 aliphatic heterocycles. The van der Waals surface area contributed by atoms with Crippen molar-refractivity contribution in [3.63, 3.8) is 0 Å². The molecule has 180 valence electrons. The Morgan fingerprint density at radius 2 is 1.23 bits per heavy atom. The van der Waals surface area contributed by atoms with Crippen LogP contribution in [0.3, 0.4) is 0 Å². The van der Waals surface area contributed by atoms with Gasteiger partial charge in [-0.15, -0.1) is 0 Å². The SMILES string of the molecule is CCCCCCCCCCCCCCCCCC1=NCC[NH+]1CCO.O=P([O-])([O-])[O-]. The summed E-state index contributed by atoms with van der Waals surface area (Å²) in [5, 5.41) is 9.07. The second kappa shape index (κ2) is 20.6. The van der Waals surface area contributed by atoms with Gasteiger partial charge in [0, 0.05) is 6.42 Å². The number of nitrogens with one attached hydrogen (secondary N) is 1. The summed E-state index contributed by atoms with van der Waals surface area (Å²) in [5.74, 6) is 1.32. The minimum atomic E-state index is -5.39. The maximum absolute atomic E-state index is 9.07. The maximum Gasteiger partial charge on any atom is 0.196 e. The van der Waals surface area contributed by atoms with Crippen molar-refractivity contribution in [2.24, 2.45) is 4.99 Å². The number of aliphatic hydroxyl groups excluding tert-OH is 1. The zero-order valence-electron chi connectivity index (χ0n) is 19.1. The first-order chi connectivity index (χ1) is 14.4. The van der Waals surface area contributed by atoms with Crippen LogP contribution in [0.4, 0.5) is 0 Å². The van der Waals surface area contributed by atoms with Crippen molar-refractivity contribution in [2.45, 2.75) is 110 Å². The number of hydrogen-bond donors (Lipinski definition) is 2. The monoisotopic (exact) mass is 448 g/mol. The summed E-state index contributed by atoms with van der Waals surface area (Å²) < 4.78 is 8.55. The average molecular weight is 449 g/mol. The average Bonchev–Trinajstić information content (AvgIpc) is 3.11. The van der Waals surface area contributed by atoms with Gasteiger partial charge in [0.15, 0.2) is 5.84 Å². The highest BCUT2D eigenvalue weighted by Crippen LogP contribution is 2.13. The van der Waals surface area contributed by atoms with Gasteiger partial charge in [0.05, 0.1) is 13.2 Å². The highest BCUT2D eigenvalue weighted by atomic mass is 31.2. The molecule has 1 rings (SSSR count). The zero-order chi connectivity index (χ0) is 22.5. The van der Waals surface area contributed by atoms with Gasteiger partial charge in [0.2, 0.25) is 0 Å². The number of aliphatic hydroxyl groups is 1. The Bertz CT molecular complexity index is 449. The van der Waals surface area contributed by atoms with Gasteiger partial charge in [0.1, 0.15) is 13.1 Å². The van der Waals surface area contributed by atoms with Crippen LogP contribution in [0.2, 0.25) is 0 Å². The van der Waals surface area contributed by atoms with Crippen molar-refractivity contribution >= 4 is 13.7 Å². The van der Waals surface area contributed by atoms with E-state index in [9.17, 15) is 0 Å². The lowest BCUT2D eigenvalue weighted by Crippen LogP contribution is -3.13. The molecule has 1 aliphatic rings. The number of phosphoric acid groups is 1. The number of unbranched alkanes of at least 4 members (excludes halogenated alkanes) is 14. The molecule has 2 N–H and O–H groups in total. The highest BCUT2D eigenvalue weighted by Gasteiger charge is 2.20. The Morgan fingerprint density at radius 1 is 0.833 bits per heavy atom. The third kappa shape index (κ3) is 22.4. The van der Waals surface area contributed by atoms with E-state index < -0.39 is 7.82 Å². The molecule has 0 saturated carbocycles. The highest BCUT2D eigenvalue weighted by molar-refractivity contribution is 7.40. The van der Waals surface area contributed by atoms with Crippen LogP contribution in [0.25, 0.3) is 0 Å². The molecule has 0 amide bonds. The maximum atomic E-state index is 9.07. The van der Waals surface area contributed by atoms with E-state index in [1.54, 1.807) is 0 Å². The van der Waals surface area contributed by atoms with E-state index >= 15 is 0 Å². The van der Waals surface area contributed by atoms with Crippen molar-refractivity contribution in [2.75, 3.05) is 26.2 Å². The second-order valence-corrected chi connectivity index (χ2v) is 9.20. The van der Waals surface area contributed by atoms with E-state index in [2.05, 4.69) is 11.9 Å². The van der Waals surface area contributed by atoms with E-state index in [4.69, 9.17) is 24.4 Å². The molecule has 0 bridgehead atoms. The van der Waals surface area contributed by atoms with Gasteiger partial charge >= 0.3 is 0 Å². The quantitative estimate of drug-likeness (QED) is 0.244. The Morgan fingerprint density at radius 3 is 1.63 bits per heavy atom. The molecular weight excluding hydrogens is 403 g/mol. The number of nitrogens with zero attached hydrogens (tertiary/aromatic N) is 1. The summed E-state index contributed by atoms with van der Waals surface area (Å²) in [6.07, 6.45) is 22.4. The summed E-state index contributed by atoms with van der Waals surface area (Å²) in [6, 6.07) is 0. The molecule has 1 atom stereocenters. The van der Waals surface area contributed by atoms with E-state index in [0.29, 0.717) is 0 Å². The van der Waals surface area contributed by atoms with Gasteiger partial charge < -0.3 is 24.4 Å². The molecule has 0 saturated heterocycles. The van der Waals surface area contributed by atoms with Crippen molar-refractivity contribution in [3.05, 3.63) is 0 Å². The number of rotatable bonds is 18. The van der Waals surface area contributed by atoms with Crippen molar-refractivity contribution in [1.82, 2.24) is 0 Å². The van der Waals surface area contributed by atoms with Crippen molar-refractivity contribution in [1.29, 1.82) is 0 Å². The van der Waals surface area contributed by atoms with Crippen molar-refractivity contribution in [3.8, 4) is 0 Å². The Balaban J connectivity index is 0.00000150. The third-order valence-corrected chi connectivity index (χ3v) is 5.56. The lowest BCUT2D eigenvalue weighted by atomic mass is 10.0. The molecule has 0 aromatic rings. The first-order valence-corrected chi connectivity index (χ1v) is 13.6. The summed E-state index contributed by atoms with van der Waals surface area (Å²) in [5.41, 5.74) is 0. The minimum Gasteiger partial charge on any atom is -0.822 e. The predicted molar refractivity (Wildman–Crippen MR) is 117 cm³/mol. The molecule has 0 aliphatic carbocycles. The second-order valence-electron chi connectivity index (χ2n) is 8.30.